The molecule has 0 aliphatic carbocycles. The van der Waals surface area contributed by atoms with E-state index >= 15 is 0 Å². The van der Waals surface area contributed by atoms with Crippen molar-refractivity contribution < 1.29 is 9.90 Å². The van der Waals surface area contributed by atoms with Crippen LogP contribution in [-0.2, 0) is 0 Å². The predicted octanol–water partition coefficient (Wildman–Crippen LogP) is 0.163. The molecule has 0 bridgehead atoms. The van der Waals surface area contributed by atoms with Crippen molar-refractivity contribution >= 4 is 5.91 Å². The first-order valence-corrected chi connectivity index (χ1v) is 5.96. The molecule has 1 amide bonds. The van der Waals surface area contributed by atoms with Crippen molar-refractivity contribution in [2.75, 3.05) is 6.54 Å². The fourth-order valence-corrected chi connectivity index (χ4v) is 1.54. The van der Waals surface area contributed by atoms with Crippen molar-refractivity contribution in [3.63, 3.8) is 0 Å². The molecule has 2 aromatic rings. The number of aromatic nitrogens is 4. The highest BCUT2D eigenvalue weighted by molar-refractivity contribution is 5.94. The summed E-state index contributed by atoms with van der Waals surface area (Å²) in [6.07, 6.45) is 1.61. The molecule has 0 saturated heterocycles. The van der Waals surface area contributed by atoms with E-state index in [1.54, 1.807) is 31.2 Å². The highest BCUT2D eigenvalue weighted by Gasteiger charge is 2.06. The summed E-state index contributed by atoms with van der Waals surface area (Å²) in [5, 5.41) is 22.7. The van der Waals surface area contributed by atoms with Gasteiger partial charge in [-0.3, -0.25) is 4.79 Å². The summed E-state index contributed by atoms with van der Waals surface area (Å²) in [4.78, 5) is 11.8. The summed E-state index contributed by atoms with van der Waals surface area (Å²) in [6.45, 7) is 2.14. The summed E-state index contributed by atoms with van der Waals surface area (Å²) in [7, 11) is 0. The van der Waals surface area contributed by atoms with Crippen LogP contribution in [0.2, 0.25) is 0 Å². The Hall–Kier alpha value is -2.28. The maximum Gasteiger partial charge on any atom is 0.251 e. The SMILES string of the molecule is CC(O)CCNC(=O)c1ccc(-n2cnnn2)cc1. The fraction of sp³-hybridized carbons (Fsp3) is 0.333. The second-order valence-electron chi connectivity index (χ2n) is 4.19. The molecule has 1 atom stereocenters. The van der Waals surface area contributed by atoms with Crippen molar-refractivity contribution in [1.82, 2.24) is 25.5 Å². The van der Waals surface area contributed by atoms with E-state index in [0.29, 0.717) is 18.5 Å². The van der Waals surface area contributed by atoms with Crippen LogP contribution in [0.1, 0.15) is 23.7 Å². The van der Waals surface area contributed by atoms with Crippen LogP contribution in [0.25, 0.3) is 5.69 Å². The lowest BCUT2D eigenvalue weighted by Crippen LogP contribution is -2.26. The molecule has 1 aromatic heterocycles. The van der Waals surface area contributed by atoms with E-state index < -0.39 is 6.10 Å². The first kappa shape index (κ1) is 13.2. The Morgan fingerprint density at radius 1 is 1.42 bits per heavy atom. The van der Waals surface area contributed by atoms with Gasteiger partial charge in [0, 0.05) is 12.1 Å². The second-order valence-corrected chi connectivity index (χ2v) is 4.19. The molecule has 0 saturated carbocycles. The quantitative estimate of drug-likeness (QED) is 0.800. The maximum absolute atomic E-state index is 11.8. The second kappa shape index (κ2) is 6.05. The van der Waals surface area contributed by atoms with Crippen LogP contribution in [0.15, 0.2) is 30.6 Å². The smallest absolute Gasteiger partial charge is 0.251 e. The van der Waals surface area contributed by atoms with Crippen LogP contribution in [0.5, 0.6) is 0 Å². The van der Waals surface area contributed by atoms with Gasteiger partial charge in [-0.1, -0.05) is 0 Å². The van der Waals surface area contributed by atoms with Gasteiger partial charge in [0.2, 0.25) is 0 Å². The van der Waals surface area contributed by atoms with Gasteiger partial charge in [-0.15, -0.1) is 5.10 Å². The molecule has 2 N–H and O–H groups in total. The molecular weight excluding hydrogens is 246 g/mol. The van der Waals surface area contributed by atoms with E-state index in [-0.39, 0.29) is 5.91 Å². The molecule has 1 unspecified atom stereocenters. The molecule has 0 radical (unpaired) electrons. The fourth-order valence-electron chi connectivity index (χ4n) is 1.54. The molecule has 1 aromatic carbocycles. The van der Waals surface area contributed by atoms with Crippen LogP contribution in [0, 0.1) is 0 Å². The standard InChI is InChI=1S/C12H15N5O2/c1-9(18)6-7-13-12(19)10-2-4-11(5-3-10)17-8-14-15-16-17/h2-5,8-9,18H,6-7H2,1H3,(H,13,19). The number of rotatable bonds is 5. The molecule has 100 valence electrons. The molecule has 0 aliphatic heterocycles. The van der Waals surface area contributed by atoms with E-state index in [2.05, 4.69) is 20.8 Å². The number of tetrazole rings is 1. The molecule has 1 heterocycles. The number of hydrogen-bond donors (Lipinski definition) is 2. The van der Waals surface area contributed by atoms with Crippen molar-refractivity contribution in [3.8, 4) is 5.69 Å². The van der Waals surface area contributed by atoms with Gasteiger partial charge in [-0.05, 0) is 48.0 Å². The van der Waals surface area contributed by atoms with Crippen LogP contribution in [-0.4, -0.2) is 43.9 Å². The molecule has 0 fully saturated rings. The molecule has 7 heteroatoms. The number of nitrogens with zero attached hydrogens (tertiary/aromatic N) is 4. The summed E-state index contributed by atoms with van der Waals surface area (Å²) in [5.74, 6) is -0.163. The average Bonchev–Trinajstić information content (AvgIpc) is 2.92. The normalized spacial score (nSPS) is 12.1. The van der Waals surface area contributed by atoms with E-state index in [0.717, 1.165) is 5.69 Å². The molecule has 2 rings (SSSR count). The number of aliphatic hydroxyl groups is 1. The van der Waals surface area contributed by atoms with Gasteiger partial charge in [0.05, 0.1) is 11.8 Å². The van der Waals surface area contributed by atoms with Crippen molar-refractivity contribution in [3.05, 3.63) is 36.2 Å². The number of benzene rings is 1. The van der Waals surface area contributed by atoms with Gasteiger partial charge in [0.1, 0.15) is 6.33 Å². The summed E-state index contributed by atoms with van der Waals surface area (Å²) < 4.78 is 1.51. The zero-order valence-electron chi connectivity index (χ0n) is 10.5. The minimum absolute atomic E-state index is 0.163. The minimum Gasteiger partial charge on any atom is -0.393 e. The summed E-state index contributed by atoms with van der Waals surface area (Å²) in [6, 6.07) is 6.93. The Labute approximate surface area is 110 Å². The summed E-state index contributed by atoms with van der Waals surface area (Å²) in [5.41, 5.74) is 1.34. The van der Waals surface area contributed by atoms with E-state index in [1.807, 2.05) is 0 Å². The molecular formula is C12H15N5O2. The van der Waals surface area contributed by atoms with Gasteiger partial charge in [0.25, 0.3) is 5.91 Å². The van der Waals surface area contributed by atoms with Gasteiger partial charge >= 0.3 is 0 Å². The monoisotopic (exact) mass is 261 g/mol. The maximum atomic E-state index is 11.8. The third kappa shape index (κ3) is 3.59. The molecule has 7 nitrogen and oxygen atoms in total. The Morgan fingerprint density at radius 3 is 2.74 bits per heavy atom. The number of hydrogen-bond acceptors (Lipinski definition) is 5. The highest BCUT2D eigenvalue weighted by Crippen LogP contribution is 2.07. The van der Waals surface area contributed by atoms with E-state index in [4.69, 9.17) is 5.11 Å². The third-order valence-electron chi connectivity index (χ3n) is 2.59. The topological polar surface area (TPSA) is 92.9 Å². The lowest BCUT2D eigenvalue weighted by atomic mass is 10.2. The van der Waals surface area contributed by atoms with Gasteiger partial charge in [-0.2, -0.15) is 0 Å². The minimum atomic E-state index is -0.414. The Balaban J connectivity index is 1.96. The summed E-state index contributed by atoms with van der Waals surface area (Å²) >= 11 is 0. The lowest BCUT2D eigenvalue weighted by Gasteiger charge is -2.07. The van der Waals surface area contributed by atoms with Gasteiger partial charge in [0.15, 0.2) is 0 Å². The predicted molar refractivity (Wildman–Crippen MR) is 67.8 cm³/mol. The molecule has 19 heavy (non-hydrogen) atoms. The number of carbonyl (C=O) groups excluding carboxylic acids is 1. The first-order chi connectivity index (χ1) is 9.16. The van der Waals surface area contributed by atoms with Crippen molar-refractivity contribution in [1.29, 1.82) is 0 Å². The van der Waals surface area contributed by atoms with Gasteiger partial charge < -0.3 is 10.4 Å². The first-order valence-electron chi connectivity index (χ1n) is 5.96. The Kier molecular flexibility index (Phi) is 4.19. The number of aliphatic hydroxyl groups excluding tert-OH is 1. The van der Waals surface area contributed by atoms with Gasteiger partial charge in [-0.25, -0.2) is 4.68 Å². The van der Waals surface area contributed by atoms with Crippen molar-refractivity contribution in [2.45, 2.75) is 19.4 Å². The zero-order chi connectivity index (χ0) is 13.7. The Morgan fingerprint density at radius 2 is 2.16 bits per heavy atom. The molecule has 0 aliphatic rings. The van der Waals surface area contributed by atoms with Crippen LogP contribution in [0.4, 0.5) is 0 Å². The number of carbonyl (C=O) groups is 1. The van der Waals surface area contributed by atoms with E-state index in [9.17, 15) is 4.79 Å². The lowest BCUT2D eigenvalue weighted by molar-refractivity contribution is 0.0945. The van der Waals surface area contributed by atoms with E-state index in [1.165, 1.54) is 11.0 Å². The van der Waals surface area contributed by atoms with Crippen LogP contribution >= 0.6 is 0 Å². The number of nitrogens with one attached hydrogen (secondary N) is 1. The number of amides is 1. The largest absolute Gasteiger partial charge is 0.393 e. The Bertz CT molecular complexity index is 522. The zero-order valence-corrected chi connectivity index (χ0v) is 10.5. The van der Waals surface area contributed by atoms with Crippen LogP contribution in [0.3, 0.4) is 0 Å². The van der Waals surface area contributed by atoms with Crippen LogP contribution < -0.4 is 5.32 Å². The van der Waals surface area contributed by atoms with Crippen molar-refractivity contribution in [2.24, 2.45) is 0 Å². The highest BCUT2D eigenvalue weighted by atomic mass is 16.3. The molecule has 0 spiro atoms. The average molecular weight is 261 g/mol. The third-order valence-corrected chi connectivity index (χ3v) is 2.59.